The lowest BCUT2D eigenvalue weighted by molar-refractivity contribution is -0.119. The molecular formula is C17H20N2O3S. The SMILES string of the molecule is Cc1noc(C)c1CSCC(=O)N[C@H]1COc2ccccc2C1. The summed E-state index contributed by atoms with van der Waals surface area (Å²) in [5, 5.41) is 6.97. The van der Waals surface area contributed by atoms with Crippen molar-refractivity contribution in [3.8, 4) is 5.75 Å². The van der Waals surface area contributed by atoms with Gasteiger partial charge in [0.1, 0.15) is 18.1 Å². The number of nitrogens with zero attached hydrogens (tertiary/aromatic N) is 1. The first-order chi connectivity index (χ1) is 11.1. The van der Waals surface area contributed by atoms with Gasteiger partial charge in [0.15, 0.2) is 0 Å². The van der Waals surface area contributed by atoms with Gasteiger partial charge in [-0.2, -0.15) is 0 Å². The van der Waals surface area contributed by atoms with E-state index in [9.17, 15) is 4.79 Å². The Labute approximate surface area is 139 Å². The summed E-state index contributed by atoms with van der Waals surface area (Å²) < 4.78 is 10.8. The Kier molecular flexibility index (Phi) is 4.91. The number of fused-ring (bicyclic) bond motifs is 1. The van der Waals surface area contributed by atoms with Crippen molar-refractivity contribution in [3.05, 3.63) is 46.8 Å². The number of hydrogen-bond donors (Lipinski definition) is 1. The third kappa shape index (κ3) is 3.88. The fourth-order valence-electron chi connectivity index (χ4n) is 2.64. The van der Waals surface area contributed by atoms with Crippen LogP contribution in [0.3, 0.4) is 0 Å². The zero-order valence-corrected chi connectivity index (χ0v) is 14.1. The highest BCUT2D eigenvalue weighted by Gasteiger charge is 2.21. The molecule has 23 heavy (non-hydrogen) atoms. The number of thioether (sulfide) groups is 1. The maximum atomic E-state index is 12.1. The number of rotatable bonds is 5. The van der Waals surface area contributed by atoms with Gasteiger partial charge >= 0.3 is 0 Å². The monoisotopic (exact) mass is 332 g/mol. The molecule has 6 heteroatoms. The summed E-state index contributed by atoms with van der Waals surface area (Å²) >= 11 is 1.57. The lowest BCUT2D eigenvalue weighted by atomic mass is 10.0. The van der Waals surface area contributed by atoms with Crippen LogP contribution in [-0.2, 0) is 17.0 Å². The molecule has 0 saturated heterocycles. The molecule has 0 spiro atoms. The molecule has 0 radical (unpaired) electrons. The van der Waals surface area contributed by atoms with Crippen molar-refractivity contribution < 1.29 is 14.1 Å². The van der Waals surface area contributed by atoms with Gasteiger partial charge in [-0.05, 0) is 31.9 Å². The average Bonchev–Trinajstić information content (AvgIpc) is 2.86. The number of carbonyl (C=O) groups excluding carboxylic acids is 1. The second-order valence-corrected chi connectivity index (χ2v) is 6.67. The minimum absolute atomic E-state index is 0.0368. The molecule has 0 unspecified atom stereocenters. The third-order valence-electron chi connectivity index (χ3n) is 3.90. The van der Waals surface area contributed by atoms with Gasteiger partial charge in [0.2, 0.25) is 5.91 Å². The van der Waals surface area contributed by atoms with E-state index in [1.165, 1.54) is 0 Å². The maximum Gasteiger partial charge on any atom is 0.230 e. The van der Waals surface area contributed by atoms with Crippen LogP contribution in [0.2, 0.25) is 0 Å². The van der Waals surface area contributed by atoms with Gasteiger partial charge in [0.05, 0.1) is 17.5 Å². The van der Waals surface area contributed by atoms with Crippen molar-refractivity contribution in [1.82, 2.24) is 10.5 Å². The molecule has 1 aromatic carbocycles. The predicted octanol–water partition coefficient (Wildman–Crippen LogP) is 2.64. The number of hydrogen-bond acceptors (Lipinski definition) is 5. The third-order valence-corrected chi connectivity index (χ3v) is 4.86. The topological polar surface area (TPSA) is 64.4 Å². The number of ether oxygens (including phenoxy) is 1. The van der Waals surface area contributed by atoms with Gasteiger partial charge in [-0.25, -0.2) is 0 Å². The Morgan fingerprint density at radius 2 is 2.22 bits per heavy atom. The first-order valence-corrected chi connectivity index (χ1v) is 8.78. The van der Waals surface area contributed by atoms with Crippen molar-refractivity contribution in [1.29, 1.82) is 0 Å². The number of amides is 1. The number of aromatic nitrogens is 1. The van der Waals surface area contributed by atoms with E-state index in [0.717, 1.165) is 40.5 Å². The Balaban J connectivity index is 1.45. The summed E-state index contributed by atoms with van der Waals surface area (Å²) in [4.78, 5) is 12.1. The molecule has 1 aromatic heterocycles. The molecule has 1 N–H and O–H groups in total. The van der Waals surface area contributed by atoms with Crippen molar-refractivity contribution >= 4 is 17.7 Å². The molecular weight excluding hydrogens is 312 g/mol. The highest BCUT2D eigenvalue weighted by Crippen LogP contribution is 2.24. The highest BCUT2D eigenvalue weighted by molar-refractivity contribution is 7.99. The number of benzene rings is 1. The van der Waals surface area contributed by atoms with E-state index < -0.39 is 0 Å². The summed E-state index contributed by atoms with van der Waals surface area (Å²) in [6.07, 6.45) is 0.816. The maximum absolute atomic E-state index is 12.1. The lowest BCUT2D eigenvalue weighted by Gasteiger charge is -2.26. The molecule has 0 saturated carbocycles. The van der Waals surface area contributed by atoms with E-state index in [4.69, 9.17) is 9.26 Å². The Morgan fingerprint density at radius 3 is 3.00 bits per heavy atom. The van der Waals surface area contributed by atoms with E-state index >= 15 is 0 Å². The summed E-state index contributed by atoms with van der Waals surface area (Å²) in [6, 6.07) is 8.00. The van der Waals surface area contributed by atoms with E-state index in [1.54, 1.807) is 11.8 Å². The second kappa shape index (κ2) is 7.08. The van der Waals surface area contributed by atoms with Gasteiger partial charge in [-0.15, -0.1) is 11.8 Å². The molecule has 1 amide bonds. The van der Waals surface area contributed by atoms with Crippen LogP contribution in [0, 0.1) is 13.8 Å². The van der Waals surface area contributed by atoms with Crippen molar-refractivity contribution in [2.45, 2.75) is 32.1 Å². The molecule has 1 atom stereocenters. The van der Waals surface area contributed by atoms with Gasteiger partial charge in [0, 0.05) is 11.3 Å². The first-order valence-electron chi connectivity index (χ1n) is 7.63. The zero-order chi connectivity index (χ0) is 16.2. The molecule has 0 aliphatic carbocycles. The predicted molar refractivity (Wildman–Crippen MR) is 89.7 cm³/mol. The minimum atomic E-state index is 0.0368. The normalized spacial score (nSPS) is 16.5. The standard InChI is InChI=1S/C17H20N2O3S/c1-11-15(12(2)22-19-11)9-23-10-17(20)18-14-7-13-5-3-4-6-16(13)21-8-14/h3-6,14H,7-10H2,1-2H3,(H,18,20)/t14-/m1/s1. The van der Waals surface area contributed by atoms with Crippen molar-refractivity contribution in [2.75, 3.05) is 12.4 Å². The van der Waals surface area contributed by atoms with E-state index in [0.29, 0.717) is 12.4 Å². The van der Waals surface area contributed by atoms with Gasteiger partial charge in [-0.3, -0.25) is 4.79 Å². The molecule has 3 rings (SSSR count). The lowest BCUT2D eigenvalue weighted by Crippen LogP contribution is -2.43. The Hall–Kier alpha value is -1.95. The second-order valence-electron chi connectivity index (χ2n) is 5.68. The van der Waals surface area contributed by atoms with Crippen LogP contribution < -0.4 is 10.1 Å². The van der Waals surface area contributed by atoms with E-state index in [2.05, 4.69) is 10.5 Å². The number of para-hydroxylation sites is 1. The molecule has 2 heterocycles. The first kappa shape index (κ1) is 15.9. The van der Waals surface area contributed by atoms with E-state index in [1.807, 2.05) is 38.1 Å². The van der Waals surface area contributed by atoms with Crippen LogP contribution in [0.25, 0.3) is 0 Å². The van der Waals surface area contributed by atoms with Crippen LogP contribution in [-0.4, -0.2) is 29.5 Å². The van der Waals surface area contributed by atoms with Gasteiger partial charge in [-0.1, -0.05) is 23.4 Å². The summed E-state index contributed by atoms with van der Waals surface area (Å²) in [5.74, 6) is 2.94. The van der Waals surface area contributed by atoms with E-state index in [-0.39, 0.29) is 11.9 Å². The van der Waals surface area contributed by atoms with Crippen LogP contribution in [0.4, 0.5) is 0 Å². The smallest absolute Gasteiger partial charge is 0.230 e. The summed E-state index contributed by atoms with van der Waals surface area (Å²) in [5.41, 5.74) is 3.12. The summed E-state index contributed by atoms with van der Waals surface area (Å²) in [6.45, 7) is 4.34. The zero-order valence-electron chi connectivity index (χ0n) is 13.3. The van der Waals surface area contributed by atoms with Crippen molar-refractivity contribution in [2.24, 2.45) is 0 Å². The molecule has 1 aliphatic rings. The molecule has 2 aromatic rings. The molecule has 1 aliphatic heterocycles. The fraction of sp³-hybridized carbons (Fsp3) is 0.412. The van der Waals surface area contributed by atoms with Crippen LogP contribution in [0.5, 0.6) is 5.75 Å². The molecule has 122 valence electrons. The molecule has 0 bridgehead atoms. The largest absolute Gasteiger partial charge is 0.491 e. The molecule has 0 fully saturated rings. The number of carbonyl (C=O) groups is 1. The van der Waals surface area contributed by atoms with Gasteiger partial charge < -0.3 is 14.6 Å². The number of nitrogens with one attached hydrogen (secondary N) is 1. The Morgan fingerprint density at radius 1 is 1.39 bits per heavy atom. The summed E-state index contributed by atoms with van der Waals surface area (Å²) in [7, 11) is 0. The Bertz CT molecular complexity index is 679. The van der Waals surface area contributed by atoms with Crippen LogP contribution >= 0.6 is 11.8 Å². The van der Waals surface area contributed by atoms with Crippen LogP contribution in [0.1, 0.15) is 22.6 Å². The number of aryl methyl sites for hydroxylation is 2. The quantitative estimate of drug-likeness (QED) is 0.912. The molecule has 5 nitrogen and oxygen atoms in total. The van der Waals surface area contributed by atoms with Gasteiger partial charge in [0.25, 0.3) is 0 Å². The fourth-order valence-corrected chi connectivity index (χ4v) is 3.63. The average molecular weight is 332 g/mol. The minimum Gasteiger partial charge on any atom is -0.491 e. The van der Waals surface area contributed by atoms with Crippen LogP contribution in [0.15, 0.2) is 28.8 Å². The van der Waals surface area contributed by atoms with Crippen molar-refractivity contribution in [3.63, 3.8) is 0 Å². The highest BCUT2D eigenvalue weighted by atomic mass is 32.2.